The quantitative estimate of drug-likeness (QED) is 0.890. The molecule has 2 rings (SSSR count). The summed E-state index contributed by atoms with van der Waals surface area (Å²) >= 11 is 0. The summed E-state index contributed by atoms with van der Waals surface area (Å²) in [5, 5.41) is 6.62. The molecule has 2 aromatic heterocycles. The minimum Gasteiger partial charge on any atom is -0.464 e. The molecule has 0 aliphatic carbocycles. The Hall–Kier alpha value is -2.11. The van der Waals surface area contributed by atoms with E-state index < -0.39 is 0 Å². The molecule has 2 heterocycles. The van der Waals surface area contributed by atoms with Gasteiger partial charge in [-0.1, -0.05) is 6.92 Å². The number of amides is 1. The second-order valence-electron chi connectivity index (χ2n) is 4.13. The van der Waals surface area contributed by atoms with E-state index >= 15 is 0 Å². The highest BCUT2D eigenvalue weighted by Crippen LogP contribution is 2.10. The van der Waals surface area contributed by atoms with Crippen LogP contribution in [0, 0.1) is 6.92 Å². The van der Waals surface area contributed by atoms with Gasteiger partial charge in [0.05, 0.1) is 6.54 Å². The number of aryl methyl sites for hydroxylation is 2. The van der Waals surface area contributed by atoms with E-state index in [1.54, 1.807) is 7.05 Å². The van der Waals surface area contributed by atoms with Gasteiger partial charge in [0.15, 0.2) is 0 Å². The van der Waals surface area contributed by atoms with Crippen molar-refractivity contribution in [3.05, 3.63) is 35.3 Å². The van der Waals surface area contributed by atoms with Gasteiger partial charge in [-0.3, -0.25) is 9.89 Å². The zero-order valence-electron chi connectivity index (χ0n) is 10.7. The third-order valence-electron chi connectivity index (χ3n) is 2.59. The van der Waals surface area contributed by atoms with Crippen LogP contribution in [0.15, 0.2) is 16.5 Å². The second-order valence-corrected chi connectivity index (χ2v) is 4.13. The summed E-state index contributed by atoms with van der Waals surface area (Å²) in [7, 11) is 1.70. The smallest absolute Gasteiger partial charge is 0.293 e. The van der Waals surface area contributed by atoms with Crippen LogP contribution in [0.25, 0.3) is 0 Å². The fourth-order valence-electron chi connectivity index (χ4n) is 1.60. The summed E-state index contributed by atoms with van der Waals surface area (Å²) in [4.78, 5) is 17.7. The van der Waals surface area contributed by atoms with Crippen LogP contribution in [-0.4, -0.2) is 33.0 Å². The van der Waals surface area contributed by atoms with E-state index in [0.29, 0.717) is 12.4 Å². The summed E-state index contributed by atoms with van der Waals surface area (Å²) in [5.74, 6) is 2.25. The van der Waals surface area contributed by atoms with Gasteiger partial charge >= 0.3 is 0 Å². The summed E-state index contributed by atoms with van der Waals surface area (Å²) in [6.07, 6.45) is 0.724. The predicted octanol–water partition coefficient (Wildman–Crippen LogP) is 1.54. The average Bonchev–Trinajstić information content (AvgIpc) is 2.97. The molecule has 0 fully saturated rings. The van der Waals surface area contributed by atoms with Gasteiger partial charge in [0.1, 0.15) is 17.3 Å². The van der Waals surface area contributed by atoms with Crippen molar-refractivity contribution in [2.24, 2.45) is 0 Å². The topological polar surface area (TPSA) is 75.0 Å². The fraction of sp³-hybridized carbons (Fsp3) is 0.417. The maximum Gasteiger partial charge on any atom is 0.293 e. The SMILES string of the molecule is CCc1nc(C(=O)N(C)Cc2ccc(C)o2)n[nH]1. The van der Waals surface area contributed by atoms with Crippen molar-refractivity contribution < 1.29 is 9.21 Å². The molecule has 0 aromatic carbocycles. The number of aromatic amines is 1. The zero-order chi connectivity index (χ0) is 13.1. The third kappa shape index (κ3) is 2.58. The normalized spacial score (nSPS) is 10.6. The number of rotatable bonds is 4. The Morgan fingerprint density at radius 2 is 2.28 bits per heavy atom. The van der Waals surface area contributed by atoms with Crippen molar-refractivity contribution in [3.63, 3.8) is 0 Å². The van der Waals surface area contributed by atoms with Crippen molar-refractivity contribution in [2.45, 2.75) is 26.8 Å². The summed E-state index contributed by atoms with van der Waals surface area (Å²) in [6, 6.07) is 3.73. The lowest BCUT2D eigenvalue weighted by atomic mass is 10.4. The number of hydrogen-bond donors (Lipinski definition) is 1. The van der Waals surface area contributed by atoms with Gasteiger partial charge in [-0.2, -0.15) is 0 Å². The van der Waals surface area contributed by atoms with Crippen molar-refractivity contribution >= 4 is 5.91 Å². The Kier molecular flexibility index (Phi) is 3.45. The molecule has 0 radical (unpaired) electrons. The van der Waals surface area contributed by atoms with Crippen LogP contribution in [0.5, 0.6) is 0 Å². The second kappa shape index (κ2) is 5.03. The van der Waals surface area contributed by atoms with E-state index in [4.69, 9.17) is 4.42 Å². The highest BCUT2D eigenvalue weighted by molar-refractivity contribution is 5.90. The number of H-pyrrole nitrogens is 1. The molecule has 0 saturated carbocycles. The average molecular weight is 248 g/mol. The maximum atomic E-state index is 12.0. The first-order chi connectivity index (χ1) is 8.60. The van der Waals surface area contributed by atoms with Gasteiger partial charge in [0, 0.05) is 13.5 Å². The van der Waals surface area contributed by atoms with Crippen molar-refractivity contribution in [2.75, 3.05) is 7.05 Å². The predicted molar refractivity (Wildman–Crippen MR) is 65.0 cm³/mol. The first-order valence-electron chi connectivity index (χ1n) is 5.82. The molecule has 6 heteroatoms. The van der Waals surface area contributed by atoms with E-state index in [-0.39, 0.29) is 11.7 Å². The van der Waals surface area contributed by atoms with E-state index in [0.717, 1.165) is 17.9 Å². The molecule has 0 aliphatic heterocycles. The van der Waals surface area contributed by atoms with Gasteiger partial charge in [-0.05, 0) is 19.1 Å². The van der Waals surface area contributed by atoms with Gasteiger partial charge in [-0.15, -0.1) is 5.10 Å². The minimum atomic E-state index is -0.222. The molecule has 0 aliphatic rings. The molecule has 1 N–H and O–H groups in total. The molecule has 0 bridgehead atoms. The molecule has 96 valence electrons. The molecular weight excluding hydrogens is 232 g/mol. The summed E-state index contributed by atoms with van der Waals surface area (Å²) in [5.41, 5.74) is 0. The van der Waals surface area contributed by atoms with Gasteiger partial charge in [0.25, 0.3) is 5.91 Å². The van der Waals surface area contributed by atoms with Crippen LogP contribution in [0.4, 0.5) is 0 Å². The molecule has 18 heavy (non-hydrogen) atoms. The fourth-order valence-corrected chi connectivity index (χ4v) is 1.60. The Morgan fingerprint density at radius 1 is 1.50 bits per heavy atom. The lowest BCUT2D eigenvalue weighted by Crippen LogP contribution is -2.27. The highest BCUT2D eigenvalue weighted by Gasteiger charge is 2.17. The van der Waals surface area contributed by atoms with Crippen LogP contribution in [0.1, 0.15) is 34.9 Å². The summed E-state index contributed by atoms with van der Waals surface area (Å²) < 4.78 is 5.42. The number of nitrogens with one attached hydrogen (secondary N) is 1. The van der Waals surface area contributed by atoms with Crippen molar-refractivity contribution in [1.29, 1.82) is 0 Å². The van der Waals surface area contributed by atoms with Crippen LogP contribution in [0.3, 0.4) is 0 Å². The molecule has 0 saturated heterocycles. The van der Waals surface area contributed by atoms with Crippen molar-refractivity contribution in [1.82, 2.24) is 20.1 Å². The maximum absolute atomic E-state index is 12.0. The lowest BCUT2D eigenvalue weighted by molar-refractivity contribution is 0.0763. The molecule has 0 atom stereocenters. The number of carbonyl (C=O) groups excluding carboxylic acids is 1. The van der Waals surface area contributed by atoms with Crippen LogP contribution >= 0.6 is 0 Å². The van der Waals surface area contributed by atoms with Crippen LogP contribution in [-0.2, 0) is 13.0 Å². The van der Waals surface area contributed by atoms with Crippen molar-refractivity contribution in [3.8, 4) is 0 Å². The number of furan rings is 1. The number of aromatic nitrogens is 3. The number of nitrogens with zero attached hydrogens (tertiary/aromatic N) is 3. The number of hydrogen-bond acceptors (Lipinski definition) is 4. The van der Waals surface area contributed by atoms with E-state index in [1.807, 2.05) is 26.0 Å². The molecule has 6 nitrogen and oxygen atoms in total. The van der Waals surface area contributed by atoms with Gasteiger partial charge < -0.3 is 9.32 Å². The standard InChI is InChI=1S/C12H16N4O2/c1-4-10-13-11(15-14-10)12(17)16(3)7-9-6-5-8(2)18-9/h5-6H,4,7H2,1-3H3,(H,13,14,15). The molecule has 1 amide bonds. The van der Waals surface area contributed by atoms with Crippen LogP contribution < -0.4 is 0 Å². The van der Waals surface area contributed by atoms with Crippen LogP contribution in [0.2, 0.25) is 0 Å². The number of carbonyl (C=O) groups is 1. The zero-order valence-corrected chi connectivity index (χ0v) is 10.7. The van der Waals surface area contributed by atoms with E-state index in [1.165, 1.54) is 4.90 Å². The highest BCUT2D eigenvalue weighted by atomic mass is 16.3. The first-order valence-corrected chi connectivity index (χ1v) is 5.82. The Labute approximate surface area is 105 Å². The van der Waals surface area contributed by atoms with E-state index in [2.05, 4.69) is 15.2 Å². The Morgan fingerprint density at radius 3 is 2.83 bits per heavy atom. The molecule has 0 unspecified atom stereocenters. The largest absolute Gasteiger partial charge is 0.464 e. The molecule has 2 aromatic rings. The Balaban J connectivity index is 2.04. The third-order valence-corrected chi connectivity index (χ3v) is 2.59. The lowest BCUT2D eigenvalue weighted by Gasteiger charge is -2.13. The van der Waals surface area contributed by atoms with Gasteiger partial charge in [-0.25, -0.2) is 4.98 Å². The monoisotopic (exact) mass is 248 g/mol. The minimum absolute atomic E-state index is 0.192. The molecule has 0 spiro atoms. The first kappa shape index (κ1) is 12.3. The Bertz CT molecular complexity index is 544. The van der Waals surface area contributed by atoms with Gasteiger partial charge in [0.2, 0.25) is 5.82 Å². The van der Waals surface area contributed by atoms with E-state index in [9.17, 15) is 4.79 Å². The molecular formula is C12H16N4O2. The summed E-state index contributed by atoms with van der Waals surface area (Å²) in [6.45, 7) is 4.22.